The molecule has 1 heterocycles. The maximum Gasteiger partial charge on any atom is 0.136 e. The quantitative estimate of drug-likeness (QED) is 0.257. The second kappa shape index (κ2) is 7.50. The average Bonchev–Trinajstić information content (AvgIpc) is 3.26. The van der Waals surface area contributed by atoms with E-state index in [0.29, 0.717) is 0 Å². The van der Waals surface area contributed by atoms with E-state index in [2.05, 4.69) is 120 Å². The van der Waals surface area contributed by atoms with Gasteiger partial charge < -0.3 is 9.32 Å². The number of rotatable bonds is 3. The molecule has 0 bridgehead atoms. The summed E-state index contributed by atoms with van der Waals surface area (Å²) in [6, 6.07) is 44.9. The lowest BCUT2D eigenvalue weighted by Gasteiger charge is -2.25. The van der Waals surface area contributed by atoms with Crippen LogP contribution in [0, 0.1) is 0 Å². The largest absolute Gasteiger partial charge is 0.456 e. The standard InChI is InChI=1S/C32H21NO/c1-3-9-24(10-4-1)33(25-11-5-2-6-12-25)26-17-18-27-22(19-26)15-16-23-20-32-30(21-29(23)27)28-13-7-8-14-31(28)34-32/h1-21H. The zero-order chi connectivity index (χ0) is 22.5. The van der Waals surface area contributed by atoms with Gasteiger partial charge in [-0.05, 0) is 76.1 Å². The molecule has 0 radical (unpaired) electrons. The number of furan rings is 1. The Kier molecular flexibility index (Phi) is 4.18. The zero-order valence-corrected chi connectivity index (χ0v) is 18.5. The molecule has 6 aromatic carbocycles. The van der Waals surface area contributed by atoms with Gasteiger partial charge in [0.15, 0.2) is 0 Å². The van der Waals surface area contributed by atoms with E-state index in [1.165, 1.54) is 21.5 Å². The average molecular weight is 436 g/mol. The van der Waals surface area contributed by atoms with Crippen molar-refractivity contribution in [2.75, 3.05) is 4.90 Å². The summed E-state index contributed by atoms with van der Waals surface area (Å²) in [5.41, 5.74) is 5.28. The SMILES string of the molecule is c1ccc(N(c2ccccc2)c2ccc3c(ccc4cc5oc6ccccc6c5cc43)c2)cc1. The number of hydrogen-bond acceptors (Lipinski definition) is 2. The first kappa shape index (κ1) is 19.0. The molecular weight excluding hydrogens is 414 g/mol. The van der Waals surface area contributed by atoms with Crippen molar-refractivity contribution in [3.63, 3.8) is 0 Å². The first-order valence-electron chi connectivity index (χ1n) is 11.5. The number of anilines is 3. The molecule has 7 rings (SSSR count). The highest BCUT2D eigenvalue weighted by Crippen LogP contribution is 2.39. The molecule has 0 atom stereocenters. The van der Waals surface area contributed by atoms with E-state index in [-0.39, 0.29) is 0 Å². The van der Waals surface area contributed by atoms with Crippen LogP contribution in [0.15, 0.2) is 132 Å². The molecule has 2 nitrogen and oxygen atoms in total. The molecule has 0 saturated carbocycles. The summed E-state index contributed by atoms with van der Waals surface area (Å²) < 4.78 is 6.11. The minimum atomic E-state index is 0.931. The number of fused-ring (bicyclic) bond motifs is 6. The lowest BCUT2D eigenvalue weighted by molar-refractivity contribution is 0.669. The fourth-order valence-electron chi connectivity index (χ4n) is 5.01. The summed E-state index contributed by atoms with van der Waals surface area (Å²) in [4.78, 5) is 2.30. The Hall–Kier alpha value is -4.56. The summed E-state index contributed by atoms with van der Waals surface area (Å²) in [6.45, 7) is 0. The van der Waals surface area contributed by atoms with Crippen LogP contribution in [0.5, 0.6) is 0 Å². The summed E-state index contributed by atoms with van der Waals surface area (Å²) in [5, 5.41) is 7.22. The topological polar surface area (TPSA) is 16.4 Å². The van der Waals surface area contributed by atoms with Crippen molar-refractivity contribution < 1.29 is 4.42 Å². The molecule has 0 aliphatic rings. The zero-order valence-electron chi connectivity index (χ0n) is 18.5. The fraction of sp³-hybridized carbons (Fsp3) is 0. The second-order valence-corrected chi connectivity index (χ2v) is 8.65. The summed E-state index contributed by atoms with van der Waals surface area (Å²) in [6.07, 6.45) is 0. The molecule has 0 N–H and O–H groups in total. The van der Waals surface area contributed by atoms with Gasteiger partial charge in [0.2, 0.25) is 0 Å². The van der Waals surface area contributed by atoms with E-state index in [1.54, 1.807) is 0 Å². The molecule has 0 unspecified atom stereocenters. The first-order chi connectivity index (χ1) is 16.8. The Morgan fingerprint density at radius 3 is 1.76 bits per heavy atom. The van der Waals surface area contributed by atoms with Crippen LogP contribution in [0.1, 0.15) is 0 Å². The predicted octanol–water partition coefficient (Wildman–Crippen LogP) is 9.36. The molecule has 0 spiro atoms. The number of benzene rings is 6. The van der Waals surface area contributed by atoms with Gasteiger partial charge in [0, 0.05) is 27.8 Å². The van der Waals surface area contributed by atoms with Crippen molar-refractivity contribution in [2.24, 2.45) is 0 Å². The van der Waals surface area contributed by atoms with Gasteiger partial charge in [0.1, 0.15) is 11.2 Å². The molecule has 1 aromatic heterocycles. The smallest absolute Gasteiger partial charge is 0.136 e. The maximum atomic E-state index is 6.11. The monoisotopic (exact) mass is 435 g/mol. The van der Waals surface area contributed by atoms with Crippen molar-refractivity contribution in [3.05, 3.63) is 127 Å². The normalized spacial score (nSPS) is 11.5. The Balaban J connectivity index is 1.45. The van der Waals surface area contributed by atoms with Gasteiger partial charge in [-0.3, -0.25) is 0 Å². The second-order valence-electron chi connectivity index (χ2n) is 8.65. The summed E-state index contributed by atoms with van der Waals surface area (Å²) in [5.74, 6) is 0. The molecule has 34 heavy (non-hydrogen) atoms. The molecular formula is C32H21NO. The highest BCUT2D eigenvalue weighted by molar-refractivity contribution is 6.16. The van der Waals surface area contributed by atoms with Crippen LogP contribution in [0.2, 0.25) is 0 Å². The number of para-hydroxylation sites is 3. The van der Waals surface area contributed by atoms with Crippen molar-refractivity contribution in [1.82, 2.24) is 0 Å². The van der Waals surface area contributed by atoms with Gasteiger partial charge in [-0.2, -0.15) is 0 Å². The lowest BCUT2D eigenvalue weighted by Crippen LogP contribution is -2.09. The molecule has 2 heteroatoms. The van der Waals surface area contributed by atoms with Crippen LogP contribution in [-0.2, 0) is 0 Å². The van der Waals surface area contributed by atoms with Gasteiger partial charge in [0.05, 0.1) is 0 Å². The molecule has 0 amide bonds. The Labute approximate surface area is 197 Å². The van der Waals surface area contributed by atoms with Crippen LogP contribution in [0.25, 0.3) is 43.5 Å². The number of nitrogens with zero attached hydrogens (tertiary/aromatic N) is 1. The highest BCUT2D eigenvalue weighted by Gasteiger charge is 2.14. The van der Waals surface area contributed by atoms with Crippen molar-refractivity contribution in [1.29, 1.82) is 0 Å². The molecule has 0 aliphatic heterocycles. The molecule has 0 saturated heterocycles. The van der Waals surface area contributed by atoms with E-state index in [1.807, 2.05) is 12.1 Å². The summed E-state index contributed by atoms with van der Waals surface area (Å²) >= 11 is 0. The third-order valence-electron chi connectivity index (χ3n) is 6.60. The third-order valence-corrected chi connectivity index (χ3v) is 6.60. The highest BCUT2D eigenvalue weighted by atomic mass is 16.3. The Morgan fingerprint density at radius 2 is 1.03 bits per heavy atom. The Bertz CT molecular complexity index is 1760. The third kappa shape index (κ3) is 2.96. The van der Waals surface area contributed by atoms with E-state index < -0.39 is 0 Å². The fourth-order valence-corrected chi connectivity index (χ4v) is 5.01. The predicted molar refractivity (Wildman–Crippen MR) is 143 cm³/mol. The first-order valence-corrected chi connectivity index (χ1v) is 11.5. The van der Waals surface area contributed by atoms with Crippen LogP contribution in [0.3, 0.4) is 0 Å². The van der Waals surface area contributed by atoms with Crippen molar-refractivity contribution in [3.8, 4) is 0 Å². The maximum absolute atomic E-state index is 6.11. The van der Waals surface area contributed by atoms with Crippen molar-refractivity contribution in [2.45, 2.75) is 0 Å². The molecule has 160 valence electrons. The van der Waals surface area contributed by atoms with E-state index >= 15 is 0 Å². The van der Waals surface area contributed by atoms with Crippen LogP contribution >= 0.6 is 0 Å². The van der Waals surface area contributed by atoms with Gasteiger partial charge in [-0.1, -0.05) is 72.8 Å². The van der Waals surface area contributed by atoms with Crippen LogP contribution in [0.4, 0.5) is 17.1 Å². The molecule has 7 aromatic rings. The minimum Gasteiger partial charge on any atom is -0.456 e. The Morgan fingerprint density at radius 1 is 0.382 bits per heavy atom. The van der Waals surface area contributed by atoms with E-state index in [9.17, 15) is 0 Å². The van der Waals surface area contributed by atoms with Gasteiger partial charge in [-0.15, -0.1) is 0 Å². The van der Waals surface area contributed by atoms with Gasteiger partial charge >= 0.3 is 0 Å². The van der Waals surface area contributed by atoms with Crippen LogP contribution < -0.4 is 4.90 Å². The minimum absolute atomic E-state index is 0.931. The van der Waals surface area contributed by atoms with E-state index in [4.69, 9.17) is 4.42 Å². The number of hydrogen-bond donors (Lipinski definition) is 0. The lowest BCUT2D eigenvalue weighted by atomic mass is 9.99. The molecule has 0 fully saturated rings. The van der Waals surface area contributed by atoms with Crippen LogP contribution in [-0.4, -0.2) is 0 Å². The summed E-state index contributed by atoms with van der Waals surface area (Å²) in [7, 11) is 0. The van der Waals surface area contributed by atoms with Gasteiger partial charge in [-0.25, -0.2) is 0 Å². The van der Waals surface area contributed by atoms with Crippen molar-refractivity contribution >= 4 is 60.5 Å². The molecule has 0 aliphatic carbocycles. The van der Waals surface area contributed by atoms with Gasteiger partial charge in [0.25, 0.3) is 0 Å². The van der Waals surface area contributed by atoms with E-state index in [0.717, 1.165) is 39.0 Å².